The molecule has 0 aliphatic carbocycles. The number of nitrogens with two attached hydrogens (primary N) is 1. The average molecular weight is 219 g/mol. The predicted molar refractivity (Wildman–Crippen MR) is 55.3 cm³/mol. The number of carboxylic acid groups (broad SMARTS) is 1. The Hall–Kier alpha value is -2.44. The molecule has 0 aliphatic rings. The zero-order valence-electron chi connectivity index (χ0n) is 8.45. The summed E-state index contributed by atoms with van der Waals surface area (Å²) in [6, 6.07) is 1.45. The Kier molecular flexibility index (Phi) is 2.28. The molecule has 0 bridgehead atoms. The molecule has 0 radical (unpaired) electrons. The number of rotatable bonds is 2. The maximum Gasteiger partial charge on any atom is 0.354 e. The zero-order chi connectivity index (χ0) is 11.7. The SMILES string of the molecule is Cc1cc(C(=O)O)n(-c2ncc(N)cn2)n1. The van der Waals surface area contributed by atoms with Crippen LogP contribution in [0.3, 0.4) is 0 Å². The van der Waals surface area contributed by atoms with E-state index in [1.54, 1.807) is 6.92 Å². The molecular formula is C9H9N5O2. The maximum absolute atomic E-state index is 10.9. The molecule has 0 saturated heterocycles. The van der Waals surface area contributed by atoms with Gasteiger partial charge < -0.3 is 10.8 Å². The second-order valence-corrected chi connectivity index (χ2v) is 3.20. The van der Waals surface area contributed by atoms with Gasteiger partial charge in [0.05, 0.1) is 23.8 Å². The summed E-state index contributed by atoms with van der Waals surface area (Å²) in [4.78, 5) is 18.7. The summed E-state index contributed by atoms with van der Waals surface area (Å²) in [5.41, 5.74) is 6.44. The lowest BCUT2D eigenvalue weighted by molar-refractivity contribution is 0.0686. The van der Waals surface area contributed by atoms with E-state index in [1.807, 2.05) is 0 Å². The van der Waals surface area contributed by atoms with Crippen molar-refractivity contribution in [3.05, 3.63) is 29.8 Å². The van der Waals surface area contributed by atoms with Crippen molar-refractivity contribution >= 4 is 11.7 Å². The van der Waals surface area contributed by atoms with Gasteiger partial charge in [0, 0.05) is 0 Å². The van der Waals surface area contributed by atoms with Gasteiger partial charge in [-0.2, -0.15) is 9.78 Å². The van der Waals surface area contributed by atoms with Crippen LogP contribution < -0.4 is 5.73 Å². The molecule has 0 aliphatic heterocycles. The first-order valence-corrected chi connectivity index (χ1v) is 4.46. The van der Waals surface area contributed by atoms with Gasteiger partial charge in [0.15, 0.2) is 5.69 Å². The Morgan fingerprint density at radius 2 is 2.06 bits per heavy atom. The van der Waals surface area contributed by atoms with Crippen molar-refractivity contribution in [2.75, 3.05) is 5.73 Å². The third-order valence-electron chi connectivity index (χ3n) is 1.90. The predicted octanol–water partition coefficient (Wildman–Crippen LogP) is 0.251. The number of hydrogen-bond donors (Lipinski definition) is 2. The van der Waals surface area contributed by atoms with Gasteiger partial charge in [-0.3, -0.25) is 0 Å². The second-order valence-electron chi connectivity index (χ2n) is 3.20. The Morgan fingerprint density at radius 1 is 1.44 bits per heavy atom. The van der Waals surface area contributed by atoms with Gasteiger partial charge in [-0.1, -0.05) is 0 Å². The number of nitrogen functional groups attached to an aromatic ring is 1. The summed E-state index contributed by atoms with van der Waals surface area (Å²) >= 11 is 0. The number of nitrogens with zero attached hydrogens (tertiary/aromatic N) is 4. The van der Waals surface area contributed by atoms with Gasteiger partial charge in [0.1, 0.15) is 0 Å². The number of carboxylic acids is 1. The van der Waals surface area contributed by atoms with Crippen molar-refractivity contribution < 1.29 is 9.90 Å². The van der Waals surface area contributed by atoms with Crippen LogP contribution in [0.1, 0.15) is 16.2 Å². The van der Waals surface area contributed by atoms with Gasteiger partial charge in [-0.15, -0.1) is 0 Å². The second kappa shape index (κ2) is 3.61. The topological polar surface area (TPSA) is 107 Å². The van der Waals surface area contributed by atoms with E-state index in [9.17, 15) is 4.79 Å². The van der Waals surface area contributed by atoms with Crippen LogP contribution in [0, 0.1) is 6.92 Å². The number of anilines is 1. The first-order valence-electron chi connectivity index (χ1n) is 4.46. The highest BCUT2D eigenvalue weighted by Crippen LogP contribution is 2.09. The normalized spacial score (nSPS) is 10.3. The molecule has 3 N–H and O–H groups in total. The number of aromatic carboxylic acids is 1. The van der Waals surface area contributed by atoms with E-state index in [1.165, 1.54) is 18.5 Å². The number of aromatic nitrogens is 4. The quantitative estimate of drug-likeness (QED) is 0.749. The van der Waals surface area contributed by atoms with E-state index in [2.05, 4.69) is 15.1 Å². The minimum Gasteiger partial charge on any atom is -0.477 e. The molecule has 0 atom stereocenters. The molecule has 7 heteroatoms. The lowest BCUT2D eigenvalue weighted by Crippen LogP contribution is -2.11. The van der Waals surface area contributed by atoms with Crippen molar-refractivity contribution in [1.29, 1.82) is 0 Å². The average Bonchev–Trinajstić information content (AvgIpc) is 2.61. The lowest BCUT2D eigenvalue weighted by Gasteiger charge is -2.01. The van der Waals surface area contributed by atoms with Crippen LogP contribution in [0.15, 0.2) is 18.5 Å². The molecule has 7 nitrogen and oxygen atoms in total. The first kappa shape index (κ1) is 10.1. The fourth-order valence-electron chi connectivity index (χ4n) is 1.24. The smallest absolute Gasteiger partial charge is 0.354 e. The molecule has 0 fully saturated rings. The highest BCUT2D eigenvalue weighted by molar-refractivity contribution is 5.86. The zero-order valence-corrected chi connectivity index (χ0v) is 8.45. The molecule has 0 saturated carbocycles. The lowest BCUT2D eigenvalue weighted by atomic mass is 10.4. The van der Waals surface area contributed by atoms with E-state index in [0.29, 0.717) is 11.4 Å². The molecule has 2 aromatic rings. The standard InChI is InChI=1S/C9H9N5O2/c1-5-2-7(8(15)16)14(13-5)9-11-3-6(10)4-12-9/h2-4H,10H2,1H3,(H,15,16). The van der Waals surface area contributed by atoms with Gasteiger partial charge in [-0.05, 0) is 13.0 Å². The fraction of sp³-hybridized carbons (Fsp3) is 0.111. The highest BCUT2D eigenvalue weighted by atomic mass is 16.4. The van der Waals surface area contributed by atoms with Crippen molar-refractivity contribution in [1.82, 2.24) is 19.7 Å². The van der Waals surface area contributed by atoms with E-state index in [-0.39, 0.29) is 11.6 Å². The van der Waals surface area contributed by atoms with Gasteiger partial charge in [0.2, 0.25) is 0 Å². The van der Waals surface area contributed by atoms with E-state index in [4.69, 9.17) is 10.8 Å². The third kappa shape index (κ3) is 1.70. The molecule has 0 aromatic carbocycles. The van der Waals surface area contributed by atoms with Crippen molar-refractivity contribution in [3.8, 4) is 5.95 Å². The summed E-state index contributed by atoms with van der Waals surface area (Å²) in [5, 5.41) is 13.0. The summed E-state index contributed by atoms with van der Waals surface area (Å²) < 4.78 is 1.16. The minimum atomic E-state index is -1.08. The molecule has 0 amide bonds. The van der Waals surface area contributed by atoms with Crippen molar-refractivity contribution in [2.45, 2.75) is 6.92 Å². The molecule has 2 aromatic heterocycles. The number of hydrogen-bond acceptors (Lipinski definition) is 5. The van der Waals surface area contributed by atoms with Crippen molar-refractivity contribution in [3.63, 3.8) is 0 Å². The number of carbonyl (C=O) groups is 1. The van der Waals surface area contributed by atoms with Crippen LogP contribution in [-0.4, -0.2) is 30.8 Å². The third-order valence-corrected chi connectivity index (χ3v) is 1.90. The van der Waals surface area contributed by atoms with Crippen molar-refractivity contribution in [2.24, 2.45) is 0 Å². The molecular weight excluding hydrogens is 210 g/mol. The van der Waals surface area contributed by atoms with Gasteiger partial charge in [0.25, 0.3) is 5.95 Å². The Balaban J connectivity index is 2.55. The molecule has 82 valence electrons. The first-order chi connectivity index (χ1) is 7.58. The molecule has 16 heavy (non-hydrogen) atoms. The van der Waals surface area contributed by atoms with Gasteiger partial charge in [-0.25, -0.2) is 14.8 Å². The highest BCUT2D eigenvalue weighted by Gasteiger charge is 2.15. The van der Waals surface area contributed by atoms with E-state index < -0.39 is 5.97 Å². The Bertz CT molecular complexity index is 531. The Morgan fingerprint density at radius 3 is 2.62 bits per heavy atom. The van der Waals surface area contributed by atoms with E-state index >= 15 is 0 Å². The van der Waals surface area contributed by atoms with Crippen LogP contribution in [0.2, 0.25) is 0 Å². The Labute approximate surface area is 90.6 Å². The monoisotopic (exact) mass is 219 g/mol. The molecule has 2 heterocycles. The maximum atomic E-state index is 10.9. The summed E-state index contributed by atoms with van der Waals surface area (Å²) in [6.45, 7) is 1.69. The molecule has 0 unspecified atom stereocenters. The molecule has 0 spiro atoms. The van der Waals surface area contributed by atoms with Crippen LogP contribution in [-0.2, 0) is 0 Å². The summed E-state index contributed by atoms with van der Waals surface area (Å²) in [6.07, 6.45) is 2.79. The summed E-state index contributed by atoms with van der Waals surface area (Å²) in [7, 11) is 0. The number of aryl methyl sites for hydroxylation is 1. The summed E-state index contributed by atoms with van der Waals surface area (Å²) in [5.74, 6) is -0.902. The van der Waals surface area contributed by atoms with Gasteiger partial charge >= 0.3 is 5.97 Å². The van der Waals surface area contributed by atoms with Crippen LogP contribution in [0.4, 0.5) is 5.69 Å². The van der Waals surface area contributed by atoms with Crippen LogP contribution in [0.25, 0.3) is 5.95 Å². The minimum absolute atomic E-state index is 0.0160. The van der Waals surface area contributed by atoms with Crippen LogP contribution in [0.5, 0.6) is 0 Å². The van der Waals surface area contributed by atoms with E-state index in [0.717, 1.165) is 4.68 Å². The largest absolute Gasteiger partial charge is 0.477 e. The molecule has 2 rings (SSSR count). The van der Waals surface area contributed by atoms with Crippen LogP contribution >= 0.6 is 0 Å². The fourth-order valence-corrected chi connectivity index (χ4v) is 1.24.